The molecule has 5 heteroatoms. The Bertz CT molecular complexity index is 801. The Balaban J connectivity index is 1.92. The van der Waals surface area contributed by atoms with Gasteiger partial charge in [-0.15, -0.1) is 0 Å². The molecule has 0 saturated heterocycles. The van der Waals surface area contributed by atoms with E-state index in [1.54, 1.807) is 18.6 Å². The van der Waals surface area contributed by atoms with E-state index in [0.29, 0.717) is 11.5 Å². The highest BCUT2D eigenvalue weighted by atomic mass is 14.9. The third-order valence-electron chi connectivity index (χ3n) is 3.47. The normalized spacial score (nSPS) is 10.5. The fraction of sp³-hybridized carbons (Fsp3) is 0. The first-order valence-corrected chi connectivity index (χ1v) is 7.53. The molecule has 0 fully saturated rings. The topological polar surface area (TPSA) is 64.5 Å². The zero-order valence-corrected chi connectivity index (χ0v) is 12.7. The largest absolute Gasteiger partial charge is 0.255 e. The molecule has 0 amide bonds. The average Bonchev–Trinajstić information content (AvgIpc) is 2.70. The Morgan fingerprint density at radius 1 is 0.458 bits per heavy atom. The second-order valence-electron chi connectivity index (χ2n) is 5.11. The lowest BCUT2D eigenvalue weighted by molar-refractivity contribution is 1.12. The van der Waals surface area contributed by atoms with E-state index in [0.717, 1.165) is 22.8 Å². The van der Waals surface area contributed by atoms with E-state index < -0.39 is 0 Å². The summed E-state index contributed by atoms with van der Waals surface area (Å²) in [6, 6.07) is 19.0. The van der Waals surface area contributed by atoms with Crippen LogP contribution < -0.4 is 0 Å². The SMILES string of the molecule is c1ccc(-c2cc(-c3ccccn3)nc(-c3ccccn3)n2)nc1. The van der Waals surface area contributed by atoms with Gasteiger partial charge < -0.3 is 0 Å². The van der Waals surface area contributed by atoms with E-state index in [1.165, 1.54) is 0 Å². The van der Waals surface area contributed by atoms with Crippen LogP contribution in [0.5, 0.6) is 0 Å². The third kappa shape index (κ3) is 2.87. The van der Waals surface area contributed by atoms with Crippen molar-refractivity contribution in [2.45, 2.75) is 0 Å². The van der Waals surface area contributed by atoms with E-state index >= 15 is 0 Å². The Morgan fingerprint density at radius 2 is 0.917 bits per heavy atom. The first kappa shape index (κ1) is 14.1. The number of pyridine rings is 3. The van der Waals surface area contributed by atoms with Crippen LogP contribution in [0.25, 0.3) is 34.3 Å². The molecule has 4 heterocycles. The van der Waals surface area contributed by atoms with Crippen molar-refractivity contribution in [1.82, 2.24) is 24.9 Å². The summed E-state index contributed by atoms with van der Waals surface area (Å²) in [7, 11) is 0. The van der Waals surface area contributed by atoms with Gasteiger partial charge in [0.25, 0.3) is 0 Å². The van der Waals surface area contributed by atoms with Crippen molar-refractivity contribution in [3.05, 3.63) is 79.3 Å². The fourth-order valence-electron chi connectivity index (χ4n) is 2.35. The predicted molar refractivity (Wildman–Crippen MR) is 91.7 cm³/mol. The van der Waals surface area contributed by atoms with Gasteiger partial charge in [-0.3, -0.25) is 15.0 Å². The summed E-state index contributed by atoms with van der Waals surface area (Å²) in [6.07, 6.45) is 5.23. The summed E-state index contributed by atoms with van der Waals surface area (Å²) < 4.78 is 0. The molecule has 4 aromatic heterocycles. The quantitative estimate of drug-likeness (QED) is 0.577. The molecule has 0 N–H and O–H groups in total. The minimum absolute atomic E-state index is 0.555. The van der Waals surface area contributed by atoms with Gasteiger partial charge in [-0.05, 0) is 42.5 Å². The zero-order valence-electron chi connectivity index (χ0n) is 12.7. The van der Waals surface area contributed by atoms with E-state index in [1.807, 2.05) is 60.7 Å². The van der Waals surface area contributed by atoms with Crippen LogP contribution in [0.3, 0.4) is 0 Å². The molecule has 0 aliphatic heterocycles. The molecule has 0 bridgehead atoms. The summed E-state index contributed by atoms with van der Waals surface area (Å²) in [6.45, 7) is 0. The van der Waals surface area contributed by atoms with Crippen molar-refractivity contribution in [2.24, 2.45) is 0 Å². The summed E-state index contributed by atoms with van der Waals surface area (Å²) in [5.41, 5.74) is 3.77. The predicted octanol–water partition coefficient (Wildman–Crippen LogP) is 3.66. The molecular weight excluding hydrogens is 298 g/mol. The molecule has 0 aliphatic carbocycles. The molecular formula is C19H13N5. The molecule has 5 nitrogen and oxygen atoms in total. The lowest BCUT2D eigenvalue weighted by Crippen LogP contribution is -1.98. The molecule has 24 heavy (non-hydrogen) atoms. The Hall–Kier alpha value is -3.47. The Labute approximate surface area is 139 Å². The third-order valence-corrected chi connectivity index (χ3v) is 3.47. The van der Waals surface area contributed by atoms with Crippen molar-refractivity contribution >= 4 is 0 Å². The molecule has 0 saturated carbocycles. The highest BCUT2D eigenvalue weighted by molar-refractivity contribution is 5.67. The van der Waals surface area contributed by atoms with Crippen molar-refractivity contribution in [2.75, 3.05) is 0 Å². The monoisotopic (exact) mass is 311 g/mol. The van der Waals surface area contributed by atoms with E-state index in [2.05, 4.69) is 24.9 Å². The van der Waals surface area contributed by atoms with Crippen LogP contribution in [0.1, 0.15) is 0 Å². The van der Waals surface area contributed by atoms with Gasteiger partial charge in [0.1, 0.15) is 5.69 Å². The lowest BCUT2D eigenvalue weighted by Gasteiger charge is -2.07. The Morgan fingerprint density at radius 3 is 1.33 bits per heavy atom. The standard InChI is InChI=1S/C19H13N5/c1-4-10-20-14(7-1)17-13-18(15-8-2-5-11-21-15)24-19(23-17)16-9-3-6-12-22-16/h1-13H. The van der Waals surface area contributed by atoms with Crippen molar-refractivity contribution < 1.29 is 0 Å². The minimum Gasteiger partial charge on any atom is -0.255 e. The van der Waals surface area contributed by atoms with Gasteiger partial charge in [0, 0.05) is 18.6 Å². The molecule has 0 radical (unpaired) electrons. The first-order chi connectivity index (χ1) is 11.9. The number of nitrogens with zero attached hydrogens (tertiary/aromatic N) is 5. The number of rotatable bonds is 3. The van der Waals surface area contributed by atoms with E-state index in [4.69, 9.17) is 0 Å². The summed E-state index contributed by atoms with van der Waals surface area (Å²) in [4.78, 5) is 22.4. The molecule has 0 aromatic carbocycles. The van der Waals surface area contributed by atoms with Gasteiger partial charge >= 0.3 is 0 Å². The molecule has 4 rings (SSSR count). The zero-order chi connectivity index (χ0) is 16.2. The maximum atomic E-state index is 4.64. The van der Waals surface area contributed by atoms with Gasteiger partial charge in [0.2, 0.25) is 0 Å². The molecule has 114 valence electrons. The summed E-state index contributed by atoms with van der Waals surface area (Å²) in [5, 5.41) is 0. The van der Waals surface area contributed by atoms with Crippen molar-refractivity contribution in [1.29, 1.82) is 0 Å². The minimum atomic E-state index is 0.555. The maximum Gasteiger partial charge on any atom is 0.179 e. The lowest BCUT2D eigenvalue weighted by atomic mass is 10.2. The van der Waals surface area contributed by atoms with Crippen molar-refractivity contribution in [3.8, 4) is 34.3 Å². The van der Waals surface area contributed by atoms with Gasteiger partial charge in [0.15, 0.2) is 5.82 Å². The van der Waals surface area contributed by atoms with Gasteiger partial charge in [-0.1, -0.05) is 18.2 Å². The summed E-state index contributed by atoms with van der Waals surface area (Å²) in [5.74, 6) is 0.555. The van der Waals surface area contributed by atoms with Crippen LogP contribution in [-0.2, 0) is 0 Å². The summed E-state index contributed by atoms with van der Waals surface area (Å²) >= 11 is 0. The highest BCUT2D eigenvalue weighted by Crippen LogP contribution is 2.24. The van der Waals surface area contributed by atoms with Gasteiger partial charge in [-0.2, -0.15) is 0 Å². The smallest absolute Gasteiger partial charge is 0.179 e. The van der Waals surface area contributed by atoms with Crippen LogP contribution in [0.2, 0.25) is 0 Å². The van der Waals surface area contributed by atoms with Crippen LogP contribution in [0.15, 0.2) is 79.3 Å². The average molecular weight is 311 g/mol. The molecule has 0 unspecified atom stereocenters. The highest BCUT2D eigenvalue weighted by Gasteiger charge is 2.11. The van der Waals surface area contributed by atoms with E-state index in [-0.39, 0.29) is 0 Å². The number of hydrogen-bond donors (Lipinski definition) is 0. The second-order valence-corrected chi connectivity index (χ2v) is 5.11. The number of aromatic nitrogens is 5. The van der Waals surface area contributed by atoms with Gasteiger partial charge in [-0.25, -0.2) is 9.97 Å². The van der Waals surface area contributed by atoms with Crippen LogP contribution in [0.4, 0.5) is 0 Å². The Kier molecular flexibility index (Phi) is 3.73. The molecule has 0 aliphatic rings. The second kappa shape index (κ2) is 6.34. The maximum absolute atomic E-state index is 4.64. The van der Waals surface area contributed by atoms with Gasteiger partial charge in [0.05, 0.1) is 22.8 Å². The van der Waals surface area contributed by atoms with Crippen LogP contribution in [0, 0.1) is 0 Å². The van der Waals surface area contributed by atoms with E-state index in [9.17, 15) is 0 Å². The molecule has 0 atom stereocenters. The van der Waals surface area contributed by atoms with Crippen molar-refractivity contribution in [3.63, 3.8) is 0 Å². The van der Waals surface area contributed by atoms with Crippen LogP contribution in [-0.4, -0.2) is 24.9 Å². The first-order valence-electron chi connectivity index (χ1n) is 7.53. The number of hydrogen-bond acceptors (Lipinski definition) is 5. The van der Waals surface area contributed by atoms with Crippen LogP contribution >= 0.6 is 0 Å². The molecule has 0 spiro atoms. The molecule has 4 aromatic rings. The fourth-order valence-corrected chi connectivity index (χ4v) is 2.35.